The van der Waals surface area contributed by atoms with Gasteiger partial charge in [0.25, 0.3) is 0 Å². The fourth-order valence-electron chi connectivity index (χ4n) is 5.34. The third-order valence-electron chi connectivity index (χ3n) is 7.37. The molecule has 3 heterocycles. The number of sulfonamides is 1. The van der Waals surface area contributed by atoms with Gasteiger partial charge in [-0.25, -0.2) is 22.5 Å². The second-order valence-corrected chi connectivity index (χ2v) is 12.3. The topological polar surface area (TPSA) is 85.2 Å². The van der Waals surface area contributed by atoms with Crippen LogP contribution in [0, 0.1) is 11.2 Å². The number of aromatic nitrogens is 3. The predicted octanol–water partition coefficient (Wildman–Crippen LogP) is 5.39. The van der Waals surface area contributed by atoms with Crippen molar-refractivity contribution >= 4 is 33.2 Å². The zero-order valence-electron chi connectivity index (χ0n) is 20.6. The number of carbonyl (C=O) groups excluding carboxylic acids is 1. The minimum atomic E-state index is -4.60. The summed E-state index contributed by atoms with van der Waals surface area (Å²) >= 11 is 1.24. The number of carbonyl (C=O) groups is 1. The molecule has 0 radical (unpaired) electrons. The number of hydrogen-bond donors (Lipinski definition) is 0. The summed E-state index contributed by atoms with van der Waals surface area (Å²) < 4.78 is 82.6. The Bertz CT molecular complexity index is 1730. The van der Waals surface area contributed by atoms with E-state index in [1.807, 2.05) is 6.08 Å². The number of Topliss-reactive ketones (excluding diaryl/α,β-unsaturated/α-hetero) is 1. The number of thiazole rings is 1. The van der Waals surface area contributed by atoms with Crippen LogP contribution in [-0.2, 0) is 22.6 Å². The molecule has 7 nitrogen and oxygen atoms in total. The molecule has 4 aromatic rings. The van der Waals surface area contributed by atoms with E-state index in [0.29, 0.717) is 22.5 Å². The minimum absolute atomic E-state index is 0.0291. The molecule has 206 valence electrons. The van der Waals surface area contributed by atoms with Crippen molar-refractivity contribution < 1.29 is 30.8 Å². The molecule has 0 spiro atoms. The van der Waals surface area contributed by atoms with Crippen LogP contribution in [-0.4, -0.2) is 46.4 Å². The first-order valence-corrected chi connectivity index (χ1v) is 14.5. The van der Waals surface area contributed by atoms with E-state index < -0.39 is 33.0 Å². The van der Waals surface area contributed by atoms with Crippen molar-refractivity contribution in [2.75, 3.05) is 13.1 Å². The molecule has 13 heteroatoms. The van der Waals surface area contributed by atoms with Gasteiger partial charge in [0.1, 0.15) is 11.5 Å². The lowest BCUT2D eigenvalue weighted by molar-refractivity contribution is -0.137. The van der Waals surface area contributed by atoms with Gasteiger partial charge in [-0.05, 0) is 73.0 Å². The Hall–Kier alpha value is -3.68. The van der Waals surface area contributed by atoms with Gasteiger partial charge < -0.3 is 0 Å². The molecular formula is C27H20F4N4O3S2. The fourth-order valence-corrected chi connectivity index (χ4v) is 7.38. The SMILES string of the molecule is O=C(c1cscn1)[C@]12Cc3cnn(-c4ccc(F)cc4)c3C=C1CCN(S(=O)(=O)c1ccc(C(F)(F)F)cc1)C2. The molecule has 1 aliphatic heterocycles. The third kappa shape index (κ3) is 4.38. The number of benzene rings is 2. The molecule has 0 N–H and O–H groups in total. The van der Waals surface area contributed by atoms with Crippen molar-refractivity contribution in [3.05, 3.63) is 99.5 Å². The molecule has 6 rings (SSSR count). The lowest BCUT2D eigenvalue weighted by Gasteiger charge is -2.44. The number of ketones is 1. The fraction of sp³-hybridized carbons (Fsp3) is 0.222. The molecule has 2 aromatic heterocycles. The van der Waals surface area contributed by atoms with Crippen molar-refractivity contribution in [1.29, 1.82) is 0 Å². The second kappa shape index (κ2) is 9.46. The largest absolute Gasteiger partial charge is 0.416 e. The number of fused-ring (bicyclic) bond motifs is 2. The quantitative estimate of drug-likeness (QED) is 0.231. The first-order chi connectivity index (χ1) is 19.0. The zero-order chi connectivity index (χ0) is 28.3. The van der Waals surface area contributed by atoms with E-state index in [-0.39, 0.29) is 42.3 Å². The number of nitrogens with zero attached hydrogens (tertiary/aromatic N) is 4. The van der Waals surface area contributed by atoms with Crippen LogP contribution in [0.4, 0.5) is 17.6 Å². The molecule has 40 heavy (non-hydrogen) atoms. The van der Waals surface area contributed by atoms with Crippen LogP contribution in [0.25, 0.3) is 11.8 Å². The van der Waals surface area contributed by atoms with Crippen LogP contribution < -0.4 is 0 Å². The van der Waals surface area contributed by atoms with Gasteiger partial charge in [0.05, 0.1) is 39.0 Å². The molecule has 2 aliphatic rings. The number of alkyl halides is 3. The Kier molecular flexibility index (Phi) is 6.28. The van der Waals surface area contributed by atoms with Crippen molar-refractivity contribution in [2.45, 2.75) is 23.9 Å². The molecule has 1 atom stereocenters. The van der Waals surface area contributed by atoms with Gasteiger partial charge in [-0.15, -0.1) is 11.3 Å². The molecule has 0 unspecified atom stereocenters. The average molecular weight is 589 g/mol. The Labute approximate surface area is 230 Å². The third-order valence-corrected chi connectivity index (χ3v) is 9.82. The highest BCUT2D eigenvalue weighted by molar-refractivity contribution is 7.89. The number of halogens is 4. The van der Waals surface area contributed by atoms with Crippen molar-refractivity contribution in [2.24, 2.45) is 5.41 Å². The second-order valence-electron chi connectivity index (χ2n) is 9.69. The average Bonchev–Trinajstić information content (AvgIpc) is 3.61. The molecule has 1 aliphatic carbocycles. The monoisotopic (exact) mass is 588 g/mol. The smallest absolute Gasteiger partial charge is 0.291 e. The van der Waals surface area contributed by atoms with Gasteiger partial charge >= 0.3 is 6.18 Å². The van der Waals surface area contributed by atoms with Gasteiger partial charge in [0.2, 0.25) is 10.0 Å². The van der Waals surface area contributed by atoms with E-state index in [0.717, 1.165) is 28.6 Å². The Morgan fingerprint density at radius 1 is 1.05 bits per heavy atom. The van der Waals surface area contributed by atoms with E-state index in [9.17, 15) is 30.8 Å². The summed E-state index contributed by atoms with van der Waals surface area (Å²) in [6, 6.07) is 9.14. The van der Waals surface area contributed by atoms with Crippen LogP contribution in [0.3, 0.4) is 0 Å². The van der Waals surface area contributed by atoms with E-state index >= 15 is 0 Å². The normalized spacial score (nSPS) is 19.6. The molecule has 2 aromatic carbocycles. The molecule has 1 fully saturated rings. The van der Waals surface area contributed by atoms with Crippen molar-refractivity contribution in [1.82, 2.24) is 19.1 Å². The highest BCUT2D eigenvalue weighted by Crippen LogP contribution is 2.47. The van der Waals surface area contributed by atoms with E-state index in [4.69, 9.17) is 0 Å². The van der Waals surface area contributed by atoms with Gasteiger partial charge in [0.15, 0.2) is 5.78 Å². The summed E-state index contributed by atoms with van der Waals surface area (Å²) in [5, 5.41) is 6.06. The highest BCUT2D eigenvalue weighted by Gasteiger charge is 2.51. The Balaban J connectivity index is 1.40. The number of hydrogen-bond acceptors (Lipinski definition) is 6. The Morgan fingerprint density at radius 3 is 2.42 bits per heavy atom. The minimum Gasteiger partial charge on any atom is -0.291 e. The zero-order valence-corrected chi connectivity index (χ0v) is 22.2. The number of piperidine rings is 1. The summed E-state index contributed by atoms with van der Waals surface area (Å²) in [6.07, 6.45) is -0.809. The van der Waals surface area contributed by atoms with E-state index in [1.54, 1.807) is 28.4 Å². The van der Waals surface area contributed by atoms with Crippen LogP contribution in [0.5, 0.6) is 0 Å². The molecule has 0 amide bonds. The lowest BCUT2D eigenvalue weighted by atomic mass is 9.65. The highest BCUT2D eigenvalue weighted by atomic mass is 32.2. The van der Waals surface area contributed by atoms with E-state index in [2.05, 4.69) is 10.1 Å². The summed E-state index contributed by atoms with van der Waals surface area (Å²) in [4.78, 5) is 17.9. The van der Waals surface area contributed by atoms with Gasteiger partial charge in [-0.3, -0.25) is 4.79 Å². The van der Waals surface area contributed by atoms with Crippen molar-refractivity contribution in [3.8, 4) is 5.69 Å². The maximum atomic E-state index is 14.0. The molecular weight excluding hydrogens is 568 g/mol. The Morgan fingerprint density at radius 2 is 1.77 bits per heavy atom. The summed E-state index contributed by atoms with van der Waals surface area (Å²) in [7, 11) is -4.22. The first kappa shape index (κ1) is 26.5. The predicted molar refractivity (Wildman–Crippen MR) is 139 cm³/mol. The molecule has 0 saturated carbocycles. The van der Waals surface area contributed by atoms with Crippen molar-refractivity contribution in [3.63, 3.8) is 0 Å². The van der Waals surface area contributed by atoms with Crippen LogP contribution in [0.2, 0.25) is 0 Å². The lowest BCUT2D eigenvalue weighted by Crippen LogP contribution is -2.53. The van der Waals surface area contributed by atoms with Crippen LogP contribution in [0.1, 0.15) is 33.7 Å². The summed E-state index contributed by atoms with van der Waals surface area (Å²) in [5.41, 5.74) is 2.24. The van der Waals surface area contributed by atoms with Gasteiger partial charge in [-0.1, -0.05) is 5.57 Å². The molecule has 0 bridgehead atoms. The maximum Gasteiger partial charge on any atom is 0.416 e. The summed E-state index contributed by atoms with van der Waals surface area (Å²) in [5.74, 6) is -0.731. The first-order valence-electron chi connectivity index (χ1n) is 12.1. The van der Waals surface area contributed by atoms with E-state index in [1.165, 1.54) is 29.0 Å². The standard InChI is InChI=1S/C27H20F4N4O3S2/c28-20-3-5-21(6-4-20)35-24-11-19-9-10-34(40(37,38)22-7-1-18(2-8-22)27(29,30)31)15-26(19,12-17(24)13-33-35)25(36)23-14-39-16-32-23/h1-8,11,13-14,16H,9-10,12,15H2/t26-/m0/s1. The number of rotatable bonds is 5. The van der Waals surface area contributed by atoms with Gasteiger partial charge in [-0.2, -0.15) is 22.6 Å². The molecule has 1 saturated heterocycles. The van der Waals surface area contributed by atoms with Gasteiger partial charge in [0, 0.05) is 18.5 Å². The summed E-state index contributed by atoms with van der Waals surface area (Å²) in [6.45, 7) is -0.180. The maximum absolute atomic E-state index is 14.0. The van der Waals surface area contributed by atoms with Crippen LogP contribution >= 0.6 is 11.3 Å². The van der Waals surface area contributed by atoms with Crippen LogP contribution in [0.15, 0.2) is 76.1 Å².